The number of hydrogen-bond acceptors (Lipinski definition) is 4. The molecule has 0 aliphatic carbocycles. The molecule has 31 heavy (non-hydrogen) atoms. The van der Waals surface area contributed by atoms with Crippen LogP contribution in [0.1, 0.15) is 31.9 Å². The second-order valence-electron chi connectivity index (χ2n) is 8.54. The molecule has 0 saturated carbocycles. The molecule has 5 heteroatoms. The van der Waals surface area contributed by atoms with Crippen LogP contribution >= 0.6 is 11.8 Å². The number of hydrogen-bond donors (Lipinski definition) is 0. The number of nitrogens with zero attached hydrogens (tertiary/aromatic N) is 1. The summed E-state index contributed by atoms with van der Waals surface area (Å²) in [4.78, 5) is 29.3. The van der Waals surface area contributed by atoms with Crippen LogP contribution in [0, 0.1) is 0 Å². The van der Waals surface area contributed by atoms with E-state index in [9.17, 15) is 9.59 Å². The number of imide groups is 1. The van der Waals surface area contributed by atoms with Gasteiger partial charge in [-0.25, -0.2) is 9.69 Å². The van der Waals surface area contributed by atoms with Crippen molar-refractivity contribution in [3.05, 3.63) is 96.1 Å². The van der Waals surface area contributed by atoms with Gasteiger partial charge in [0.2, 0.25) is 0 Å². The molecule has 4 rings (SSSR count). The average molecular weight is 432 g/mol. The molecule has 158 valence electrons. The van der Waals surface area contributed by atoms with Gasteiger partial charge in [-0.3, -0.25) is 4.79 Å². The fourth-order valence-corrected chi connectivity index (χ4v) is 5.18. The van der Waals surface area contributed by atoms with E-state index in [4.69, 9.17) is 4.74 Å². The van der Waals surface area contributed by atoms with Gasteiger partial charge in [0.1, 0.15) is 10.3 Å². The lowest BCUT2D eigenvalue weighted by Gasteiger charge is -2.29. The molecule has 0 unspecified atom stereocenters. The van der Waals surface area contributed by atoms with Gasteiger partial charge in [-0.05, 0) is 44.5 Å². The number of amides is 2. The normalized spacial score (nSPS) is 18.0. The maximum absolute atomic E-state index is 14.0. The van der Waals surface area contributed by atoms with Gasteiger partial charge in [0.25, 0.3) is 5.91 Å². The van der Waals surface area contributed by atoms with Crippen LogP contribution < -0.4 is 4.90 Å². The van der Waals surface area contributed by atoms with E-state index in [1.54, 1.807) is 20.8 Å². The van der Waals surface area contributed by atoms with Crippen molar-refractivity contribution < 1.29 is 14.3 Å². The zero-order chi connectivity index (χ0) is 22.1. The van der Waals surface area contributed by atoms with Crippen molar-refractivity contribution in [2.75, 3.05) is 4.90 Å². The number of carbonyl (C=O) groups is 2. The summed E-state index contributed by atoms with van der Waals surface area (Å²) >= 11 is 1.48. The number of thioether (sulfide) groups is 1. The molecule has 3 aromatic rings. The van der Waals surface area contributed by atoms with Gasteiger partial charge in [0, 0.05) is 16.9 Å². The summed E-state index contributed by atoms with van der Waals surface area (Å²) in [5.41, 5.74) is 1.73. The number of fused-ring (bicyclic) bond motifs is 1. The first-order valence-corrected chi connectivity index (χ1v) is 11.1. The Hall–Kier alpha value is -3.05. The minimum atomic E-state index is -0.976. The van der Waals surface area contributed by atoms with Gasteiger partial charge in [-0.15, -0.1) is 11.8 Å². The summed E-state index contributed by atoms with van der Waals surface area (Å²) in [6.45, 7) is 5.40. The molecule has 0 fully saturated rings. The third-order valence-electron chi connectivity index (χ3n) is 5.04. The van der Waals surface area contributed by atoms with Gasteiger partial charge in [-0.2, -0.15) is 0 Å². The molecule has 0 aromatic heterocycles. The first kappa shape index (κ1) is 21.2. The van der Waals surface area contributed by atoms with E-state index in [1.807, 2.05) is 84.9 Å². The lowest BCUT2D eigenvalue weighted by molar-refractivity contribution is -0.120. The van der Waals surface area contributed by atoms with Crippen LogP contribution in [0.3, 0.4) is 0 Å². The number of rotatable bonds is 4. The highest BCUT2D eigenvalue weighted by Crippen LogP contribution is 2.53. The van der Waals surface area contributed by atoms with Crippen molar-refractivity contribution in [2.45, 2.75) is 42.4 Å². The Labute approximate surface area is 187 Å². The number of anilines is 1. The Bertz CT molecular complexity index is 1050. The smallest absolute Gasteiger partial charge is 0.421 e. The molecule has 0 bridgehead atoms. The van der Waals surface area contributed by atoms with Gasteiger partial charge in [0.05, 0.1) is 5.69 Å². The van der Waals surface area contributed by atoms with Crippen molar-refractivity contribution in [1.29, 1.82) is 0 Å². The Morgan fingerprint density at radius 1 is 0.903 bits per heavy atom. The molecule has 4 nitrogen and oxygen atoms in total. The Balaban J connectivity index is 1.85. The summed E-state index contributed by atoms with van der Waals surface area (Å²) in [6.07, 6.45) is -0.184. The summed E-state index contributed by atoms with van der Waals surface area (Å²) in [7, 11) is 0. The van der Waals surface area contributed by atoms with Gasteiger partial charge in [-0.1, -0.05) is 66.7 Å². The number of benzene rings is 3. The second-order valence-corrected chi connectivity index (χ2v) is 9.92. The number of carbonyl (C=O) groups excluding carboxylic acids is 2. The summed E-state index contributed by atoms with van der Waals surface area (Å²) in [6, 6.07) is 27.3. The van der Waals surface area contributed by atoms with Crippen LogP contribution in [0.25, 0.3) is 0 Å². The maximum Gasteiger partial charge on any atom is 0.421 e. The maximum atomic E-state index is 14.0. The zero-order valence-electron chi connectivity index (χ0n) is 17.9. The zero-order valence-corrected chi connectivity index (χ0v) is 18.7. The van der Waals surface area contributed by atoms with Crippen molar-refractivity contribution >= 4 is 29.4 Å². The van der Waals surface area contributed by atoms with E-state index in [2.05, 4.69) is 0 Å². The van der Waals surface area contributed by atoms with Crippen LogP contribution in [0.2, 0.25) is 0 Å². The SMILES string of the molecule is CC(C)(C)OC(=O)N1C(=O)[C@](Cc2ccccc2)(Sc2ccccc2)c2ccccc21. The van der Waals surface area contributed by atoms with Crippen molar-refractivity contribution in [1.82, 2.24) is 0 Å². The first-order chi connectivity index (χ1) is 14.8. The van der Waals surface area contributed by atoms with Crippen LogP contribution in [-0.4, -0.2) is 17.6 Å². The molecular weight excluding hydrogens is 406 g/mol. The van der Waals surface area contributed by atoms with Gasteiger partial charge >= 0.3 is 6.09 Å². The summed E-state index contributed by atoms with van der Waals surface area (Å²) in [5, 5.41) is 0. The van der Waals surface area contributed by atoms with E-state index in [-0.39, 0.29) is 5.91 Å². The molecule has 0 spiro atoms. The van der Waals surface area contributed by atoms with E-state index < -0.39 is 16.4 Å². The van der Waals surface area contributed by atoms with Crippen molar-refractivity contribution in [3.63, 3.8) is 0 Å². The summed E-state index contributed by atoms with van der Waals surface area (Å²) in [5.74, 6) is -0.277. The largest absolute Gasteiger partial charge is 0.443 e. The fraction of sp³-hybridized carbons (Fsp3) is 0.231. The highest BCUT2D eigenvalue weighted by molar-refractivity contribution is 8.01. The monoisotopic (exact) mass is 431 g/mol. The van der Waals surface area contributed by atoms with Gasteiger partial charge < -0.3 is 4.74 Å². The third-order valence-corrected chi connectivity index (χ3v) is 6.43. The average Bonchev–Trinajstić information content (AvgIpc) is 2.96. The molecule has 0 N–H and O–H groups in total. The lowest BCUT2D eigenvalue weighted by Crippen LogP contribution is -2.45. The van der Waals surface area contributed by atoms with Gasteiger partial charge in [0.15, 0.2) is 0 Å². The molecule has 1 aliphatic heterocycles. The molecule has 1 heterocycles. The van der Waals surface area contributed by atoms with Crippen LogP contribution in [0.15, 0.2) is 89.8 Å². The minimum Gasteiger partial charge on any atom is -0.443 e. The quantitative estimate of drug-likeness (QED) is 0.493. The number of ether oxygens (including phenoxy) is 1. The first-order valence-electron chi connectivity index (χ1n) is 10.3. The third kappa shape index (κ3) is 4.23. The predicted octanol–water partition coefficient (Wildman–Crippen LogP) is 6.20. The summed E-state index contributed by atoms with van der Waals surface area (Å²) < 4.78 is 4.62. The topological polar surface area (TPSA) is 46.6 Å². The molecule has 1 aliphatic rings. The van der Waals surface area contributed by atoms with E-state index in [1.165, 1.54) is 16.7 Å². The van der Waals surface area contributed by atoms with Crippen molar-refractivity contribution in [2.24, 2.45) is 0 Å². The molecule has 1 atom stereocenters. The fourth-order valence-electron chi connectivity index (χ4n) is 3.78. The second kappa shape index (κ2) is 8.23. The van der Waals surface area contributed by atoms with E-state index in [0.29, 0.717) is 12.1 Å². The molecule has 0 radical (unpaired) electrons. The highest BCUT2D eigenvalue weighted by Gasteiger charge is 2.54. The number of para-hydroxylation sites is 1. The van der Waals surface area contributed by atoms with Crippen LogP contribution in [0.4, 0.5) is 10.5 Å². The molecule has 3 aromatic carbocycles. The highest BCUT2D eigenvalue weighted by atomic mass is 32.2. The van der Waals surface area contributed by atoms with Crippen LogP contribution in [0.5, 0.6) is 0 Å². The molecule has 0 saturated heterocycles. The predicted molar refractivity (Wildman–Crippen MR) is 124 cm³/mol. The Morgan fingerprint density at radius 3 is 2.13 bits per heavy atom. The Morgan fingerprint density at radius 2 is 1.48 bits per heavy atom. The minimum absolute atomic E-state index is 0.277. The Kier molecular flexibility index (Phi) is 5.63. The standard InChI is InChI=1S/C26H25NO3S/c1-25(2,3)30-24(29)27-22-17-11-10-16-21(22)26(23(27)28,18-19-12-6-4-7-13-19)31-20-14-8-5-9-15-20/h4-17H,18H2,1-3H3/t26-/m1/s1. The molecule has 2 amide bonds. The van der Waals surface area contributed by atoms with E-state index in [0.717, 1.165) is 16.0 Å². The van der Waals surface area contributed by atoms with E-state index >= 15 is 0 Å². The lowest BCUT2D eigenvalue weighted by atomic mass is 9.92. The van der Waals surface area contributed by atoms with Crippen LogP contribution in [-0.2, 0) is 20.7 Å². The van der Waals surface area contributed by atoms with Crippen molar-refractivity contribution in [3.8, 4) is 0 Å². The molecular formula is C26H25NO3S.